The van der Waals surface area contributed by atoms with E-state index in [4.69, 9.17) is 9.47 Å². The van der Waals surface area contributed by atoms with Gasteiger partial charge in [-0.25, -0.2) is 8.42 Å². The van der Waals surface area contributed by atoms with Gasteiger partial charge in [0.05, 0.1) is 4.90 Å². The molecule has 0 aromatic heterocycles. The van der Waals surface area contributed by atoms with Crippen molar-refractivity contribution in [1.82, 2.24) is 0 Å². The summed E-state index contributed by atoms with van der Waals surface area (Å²) >= 11 is 0. The Kier molecular flexibility index (Phi) is 17.9. The second-order valence-electron chi connectivity index (χ2n) is 11.3. The van der Waals surface area contributed by atoms with Crippen molar-refractivity contribution in [3.63, 3.8) is 0 Å². The van der Waals surface area contributed by atoms with E-state index in [1.165, 1.54) is 60.7 Å². The van der Waals surface area contributed by atoms with Gasteiger partial charge in [0.2, 0.25) is 0 Å². The van der Waals surface area contributed by atoms with E-state index in [1.54, 1.807) is 24.3 Å². The minimum absolute atomic E-state index is 0. The first-order valence-corrected chi connectivity index (χ1v) is 18.8. The van der Waals surface area contributed by atoms with Gasteiger partial charge in [-0.05, 0) is 85.3 Å². The van der Waals surface area contributed by atoms with Gasteiger partial charge in [-0.15, -0.1) is 5.75 Å². The molecule has 0 aliphatic rings. The van der Waals surface area contributed by atoms with Crippen LogP contribution in [0.1, 0.15) is 76.3 Å². The number of aryl methyl sites for hydroxylation is 2. The summed E-state index contributed by atoms with van der Waals surface area (Å²) in [5.74, 6) is 0.201. The fraction of sp³-hybridized carbons (Fsp3) is 0.333. The van der Waals surface area contributed by atoms with Crippen molar-refractivity contribution < 1.29 is 45.6 Å². The first-order valence-electron chi connectivity index (χ1n) is 15.9. The predicted octanol–water partition coefficient (Wildman–Crippen LogP) is 7.75. The summed E-state index contributed by atoms with van der Waals surface area (Å²) < 4.78 is 78.4. The molecule has 2 N–H and O–H groups in total. The number of rotatable bonds is 16. The summed E-state index contributed by atoms with van der Waals surface area (Å²) in [5.41, 5.74) is 1.62. The van der Waals surface area contributed by atoms with Gasteiger partial charge in [-0.3, -0.25) is 4.55 Å². The number of aromatic hydroxyl groups is 1. The first kappa shape index (κ1) is 42.3. The number of benzene rings is 4. The Labute approximate surface area is 319 Å². The Hall–Kier alpha value is -2.84. The maximum atomic E-state index is 11.7. The molecule has 10 nitrogen and oxygen atoms in total. The van der Waals surface area contributed by atoms with Crippen LogP contribution >= 0.6 is 0 Å². The number of hydrogen-bond acceptors (Lipinski definition) is 9. The van der Waals surface area contributed by atoms with Crippen LogP contribution in [0.25, 0.3) is 0 Å². The molecule has 4 aromatic carbocycles. The Morgan fingerprint density at radius 1 is 0.633 bits per heavy atom. The molecule has 0 amide bonds. The van der Waals surface area contributed by atoms with Gasteiger partial charge in [-0.2, -0.15) is 8.42 Å². The molecule has 0 heterocycles. The molecule has 49 heavy (non-hydrogen) atoms. The van der Waals surface area contributed by atoms with Gasteiger partial charge >= 0.3 is 37.7 Å². The predicted molar refractivity (Wildman–Crippen MR) is 186 cm³/mol. The van der Waals surface area contributed by atoms with Gasteiger partial charge in [0.1, 0.15) is 43.8 Å². The normalized spacial score (nSPS) is 11.2. The second-order valence-corrected chi connectivity index (χ2v) is 14.0. The number of phenolic OH excluding ortho intramolecular Hbond substituents is 1. The van der Waals surface area contributed by atoms with Crippen LogP contribution in [0.5, 0.6) is 34.5 Å². The maximum Gasteiger partial charge on any atom is 2.00 e. The van der Waals surface area contributed by atoms with E-state index < -0.39 is 25.1 Å². The minimum Gasteiger partial charge on any atom is -0.872 e. The van der Waals surface area contributed by atoms with Gasteiger partial charge in [-0.1, -0.05) is 82.7 Å². The summed E-state index contributed by atoms with van der Waals surface area (Å²) in [6, 6.07) is 21.0. The van der Waals surface area contributed by atoms with E-state index in [-0.39, 0.29) is 77.1 Å². The smallest absolute Gasteiger partial charge is 0.872 e. The number of ether oxygens (including phenoxy) is 2. The molecular formula is C36H42CaO10S2. The number of hydrogen-bond donors (Lipinski definition) is 2. The molecule has 0 fully saturated rings. The van der Waals surface area contributed by atoms with Crippen molar-refractivity contribution in [1.29, 1.82) is 0 Å². The average Bonchev–Trinajstić information content (AvgIpc) is 3.02. The minimum atomic E-state index is -4.67. The Bertz CT molecular complexity index is 1710. The molecule has 13 heteroatoms. The molecule has 260 valence electrons. The zero-order valence-corrected chi connectivity index (χ0v) is 31.7. The standard InChI is InChI=1S/2C18H22O5S.Ca/c2*1-2-3-4-5-7-14-10-11-17(18(12-14)24(20,21)22)23-16-9-6-8-15(19)13-16;/h2*6,8-13,19H,2-5,7H2,1H3,(H,20,21,22);/q;;+2/p-2. The van der Waals surface area contributed by atoms with Crippen molar-refractivity contribution in [2.45, 2.75) is 87.8 Å². The summed E-state index contributed by atoms with van der Waals surface area (Å²) in [4.78, 5) is -0.661. The van der Waals surface area contributed by atoms with Crippen LogP contribution in [0.2, 0.25) is 0 Å². The van der Waals surface area contributed by atoms with E-state index >= 15 is 0 Å². The third-order valence-electron chi connectivity index (χ3n) is 7.28. The molecule has 0 aliphatic carbocycles. The largest absolute Gasteiger partial charge is 2.00 e. The second kappa shape index (κ2) is 20.7. The Morgan fingerprint density at radius 3 is 1.59 bits per heavy atom. The summed E-state index contributed by atoms with van der Waals surface area (Å²) in [7, 11) is -9.08. The van der Waals surface area contributed by atoms with E-state index in [2.05, 4.69) is 13.8 Å². The quantitative estimate of drug-likeness (QED) is 0.0657. The average molecular weight is 739 g/mol. The summed E-state index contributed by atoms with van der Waals surface area (Å²) in [6.45, 7) is 4.25. The maximum absolute atomic E-state index is 11.7. The number of unbranched alkanes of at least 4 members (excludes halogenated alkanes) is 6. The van der Waals surface area contributed by atoms with Crippen molar-refractivity contribution >= 4 is 58.0 Å². The molecule has 4 rings (SSSR count). The molecule has 0 radical (unpaired) electrons. The zero-order chi connectivity index (χ0) is 35.2. The van der Waals surface area contributed by atoms with E-state index in [9.17, 15) is 36.2 Å². The fourth-order valence-electron chi connectivity index (χ4n) is 4.83. The van der Waals surface area contributed by atoms with Crippen molar-refractivity contribution in [3.05, 3.63) is 96.1 Å². The van der Waals surface area contributed by atoms with Crippen LogP contribution in [0.3, 0.4) is 0 Å². The van der Waals surface area contributed by atoms with Gasteiger partial charge < -0.3 is 24.2 Å². The Morgan fingerprint density at radius 2 is 1.12 bits per heavy atom. The molecule has 4 aromatic rings. The summed E-state index contributed by atoms with van der Waals surface area (Å²) in [6.07, 6.45) is 10.0. The number of phenols is 1. The third kappa shape index (κ3) is 14.9. The summed E-state index contributed by atoms with van der Waals surface area (Å²) in [5, 5.41) is 20.8. The molecular weight excluding hydrogens is 697 g/mol. The van der Waals surface area contributed by atoms with Crippen LogP contribution < -0.4 is 14.6 Å². The van der Waals surface area contributed by atoms with Crippen molar-refractivity contribution in [2.24, 2.45) is 0 Å². The third-order valence-corrected chi connectivity index (χ3v) is 9.01. The van der Waals surface area contributed by atoms with E-state index in [0.717, 1.165) is 68.9 Å². The topological polar surface area (TPSA) is 173 Å². The molecule has 0 aliphatic heterocycles. The molecule has 0 saturated heterocycles. The van der Waals surface area contributed by atoms with Gasteiger partial charge in [0.15, 0.2) is 0 Å². The van der Waals surface area contributed by atoms with Gasteiger partial charge in [0, 0.05) is 6.07 Å². The van der Waals surface area contributed by atoms with Crippen LogP contribution in [0.4, 0.5) is 0 Å². The molecule has 0 atom stereocenters. The fourth-order valence-corrected chi connectivity index (χ4v) is 6.15. The van der Waals surface area contributed by atoms with Crippen LogP contribution in [0, 0.1) is 0 Å². The van der Waals surface area contributed by atoms with Crippen molar-refractivity contribution in [3.8, 4) is 34.5 Å². The SMILES string of the molecule is CCCCCCc1ccc(Oc2cccc(O)c2)c(S(=O)(=O)O)c1.CCCCCCc1ccc(Oc2cccc([O-])c2)c(S(=O)(=O)[O-])c1.[Ca+2]. The molecule has 0 bridgehead atoms. The van der Waals surface area contributed by atoms with Gasteiger partial charge in [0.25, 0.3) is 10.1 Å². The van der Waals surface area contributed by atoms with Crippen molar-refractivity contribution in [2.75, 3.05) is 0 Å². The van der Waals surface area contributed by atoms with E-state index in [1.807, 2.05) is 0 Å². The van der Waals surface area contributed by atoms with E-state index in [0.29, 0.717) is 6.42 Å². The monoisotopic (exact) mass is 738 g/mol. The van der Waals surface area contributed by atoms with Crippen LogP contribution in [-0.2, 0) is 33.1 Å². The first-order chi connectivity index (χ1) is 22.8. The molecule has 0 spiro atoms. The van der Waals surface area contributed by atoms with Crippen LogP contribution in [-0.4, -0.2) is 68.8 Å². The zero-order valence-electron chi connectivity index (χ0n) is 27.8. The molecule has 0 saturated carbocycles. The van der Waals surface area contributed by atoms with Crippen LogP contribution in [0.15, 0.2) is 94.7 Å². The molecule has 0 unspecified atom stereocenters. The Balaban J connectivity index is 0.000000333.